The van der Waals surface area contributed by atoms with Crippen molar-refractivity contribution in [2.45, 2.75) is 26.3 Å². The zero-order chi connectivity index (χ0) is 17.4. The van der Waals surface area contributed by atoms with Gasteiger partial charge in [-0.2, -0.15) is 0 Å². The van der Waals surface area contributed by atoms with Crippen LogP contribution in [-0.2, 0) is 13.6 Å². The minimum atomic E-state index is 0.0163. The first-order valence-electron chi connectivity index (χ1n) is 8.67. The van der Waals surface area contributed by atoms with Gasteiger partial charge in [-0.05, 0) is 37.8 Å². The second-order valence-electron chi connectivity index (χ2n) is 6.75. The lowest BCUT2D eigenvalue weighted by atomic mass is 9.96. The van der Waals surface area contributed by atoms with E-state index < -0.39 is 0 Å². The predicted octanol–water partition coefficient (Wildman–Crippen LogP) is 1.75. The molecule has 7 heteroatoms. The number of anilines is 1. The molecule has 3 aromatic heterocycles. The highest BCUT2D eigenvalue weighted by atomic mass is 16.1. The lowest BCUT2D eigenvalue weighted by Crippen LogP contribution is -2.37. The highest BCUT2D eigenvalue weighted by Crippen LogP contribution is 2.23. The molecule has 1 aliphatic rings. The Morgan fingerprint density at radius 2 is 2.00 bits per heavy atom. The maximum atomic E-state index is 12.5. The number of pyridine rings is 1. The molecule has 4 rings (SSSR count). The standard InChI is InChI=1S/C18H22N6O/c1-13-10-16(21-12-20-13)23-8-5-14(6-9-23)11-24-17-15(4-3-7-19-17)22(2)18(24)25/h3-4,7,10,12,14H,5-6,8-9,11H2,1-2H3. The van der Waals surface area contributed by atoms with E-state index in [2.05, 4.69) is 19.9 Å². The summed E-state index contributed by atoms with van der Waals surface area (Å²) < 4.78 is 3.51. The Morgan fingerprint density at radius 1 is 1.20 bits per heavy atom. The molecule has 1 fully saturated rings. The van der Waals surface area contributed by atoms with E-state index in [-0.39, 0.29) is 5.69 Å². The summed E-state index contributed by atoms with van der Waals surface area (Å²) in [4.78, 5) is 27.8. The van der Waals surface area contributed by atoms with Crippen LogP contribution in [0.5, 0.6) is 0 Å². The van der Waals surface area contributed by atoms with Crippen LogP contribution in [-0.4, -0.2) is 37.2 Å². The van der Waals surface area contributed by atoms with Crippen LogP contribution in [0.25, 0.3) is 11.2 Å². The van der Waals surface area contributed by atoms with E-state index in [9.17, 15) is 4.79 Å². The van der Waals surface area contributed by atoms with Crippen LogP contribution in [0.4, 0.5) is 5.82 Å². The number of fused-ring (bicyclic) bond motifs is 1. The van der Waals surface area contributed by atoms with E-state index in [4.69, 9.17) is 0 Å². The van der Waals surface area contributed by atoms with Crippen molar-refractivity contribution in [2.24, 2.45) is 13.0 Å². The summed E-state index contributed by atoms with van der Waals surface area (Å²) >= 11 is 0. The molecule has 0 atom stereocenters. The quantitative estimate of drug-likeness (QED) is 0.728. The van der Waals surface area contributed by atoms with E-state index in [0.29, 0.717) is 5.92 Å². The second kappa shape index (κ2) is 6.31. The largest absolute Gasteiger partial charge is 0.356 e. The molecule has 130 valence electrons. The van der Waals surface area contributed by atoms with Crippen molar-refractivity contribution in [1.82, 2.24) is 24.1 Å². The van der Waals surface area contributed by atoms with E-state index in [1.54, 1.807) is 17.1 Å². The number of hydrogen-bond acceptors (Lipinski definition) is 5. The van der Waals surface area contributed by atoms with Crippen LogP contribution in [0.3, 0.4) is 0 Å². The Balaban J connectivity index is 1.49. The zero-order valence-corrected chi connectivity index (χ0v) is 14.6. The van der Waals surface area contributed by atoms with Crippen LogP contribution < -0.4 is 10.6 Å². The van der Waals surface area contributed by atoms with Crippen molar-refractivity contribution in [2.75, 3.05) is 18.0 Å². The Morgan fingerprint density at radius 3 is 2.76 bits per heavy atom. The lowest BCUT2D eigenvalue weighted by molar-refractivity contribution is 0.354. The van der Waals surface area contributed by atoms with E-state index in [1.807, 2.05) is 36.7 Å². The molecule has 4 heterocycles. The molecule has 1 saturated heterocycles. The Labute approximate surface area is 146 Å². The van der Waals surface area contributed by atoms with Gasteiger partial charge in [0.1, 0.15) is 12.1 Å². The SMILES string of the molecule is Cc1cc(N2CCC(Cn3c(=O)n(C)c4cccnc43)CC2)ncn1. The molecule has 3 aromatic rings. The minimum absolute atomic E-state index is 0.0163. The third-order valence-electron chi connectivity index (χ3n) is 5.07. The molecule has 0 spiro atoms. The number of hydrogen-bond donors (Lipinski definition) is 0. The summed E-state index contributed by atoms with van der Waals surface area (Å²) in [5, 5.41) is 0. The van der Waals surface area contributed by atoms with Gasteiger partial charge in [-0.3, -0.25) is 9.13 Å². The van der Waals surface area contributed by atoms with Crippen molar-refractivity contribution in [3.63, 3.8) is 0 Å². The average molecular weight is 338 g/mol. The first-order valence-corrected chi connectivity index (χ1v) is 8.67. The van der Waals surface area contributed by atoms with Crippen molar-refractivity contribution in [1.29, 1.82) is 0 Å². The fourth-order valence-corrected chi connectivity index (χ4v) is 3.61. The molecular weight excluding hydrogens is 316 g/mol. The number of rotatable bonds is 3. The summed E-state index contributed by atoms with van der Waals surface area (Å²) in [6.07, 6.45) is 5.45. The van der Waals surface area contributed by atoms with Gasteiger partial charge in [-0.25, -0.2) is 19.7 Å². The Hall–Kier alpha value is -2.70. The van der Waals surface area contributed by atoms with Crippen LogP contribution >= 0.6 is 0 Å². The topological polar surface area (TPSA) is 68.8 Å². The third kappa shape index (κ3) is 2.90. The number of nitrogens with zero attached hydrogens (tertiary/aromatic N) is 6. The molecule has 0 unspecified atom stereocenters. The highest BCUT2D eigenvalue weighted by molar-refractivity contribution is 5.71. The maximum Gasteiger partial charge on any atom is 0.330 e. The van der Waals surface area contributed by atoms with E-state index >= 15 is 0 Å². The molecule has 7 nitrogen and oxygen atoms in total. The molecule has 0 aliphatic carbocycles. The van der Waals surface area contributed by atoms with Gasteiger partial charge in [0.2, 0.25) is 0 Å². The second-order valence-corrected chi connectivity index (χ2v) is 6.75. The van der Waals surface area contributed by atoms with Gasteiger partial charge in [0.15, 0.2) is 5.65 Å². The first-order chi connectivity index (χ1) is 12.1. The first kappa shape index (κ1) is 15.8. The summed E-state index contributed by atoms with van der Waals surface area (Å²) in [5.41, 5.74) is 2.67. The molecule has 25 heavy (non-hydrogen) atoms. The zero-order valence-electron chi connectivity index (χ0n) is 14.6. The fraction of sp³-hybridized carbons (Fsp3) is 0.444. The third-order valence-corrected chi connectivity index (χ3v) is 5.07. The fourth-order valence-electron chi connectivity index (χ4n) is 3.61. The molecule has 0 radical (unpaired) electrons. The molecule has 0 saturated carbocycles. The van der Waals surface area contributed by atoms with E-state index in [1.165, 1.54) is 0 Å². The summed E-state index contributed by atoms with van der Waals surface area (Å²) in [6, 6.07) is 5.84. The van der Waals surface area contributed by atoms with Crippen molar-refractivity contribution < 1.29 is 0 Å². The summed E-state index contributed by atoms with van der Waals surface area (Å²) in [6.45, 7) is 4.61. The Kier molecular flexibility index (Phi) is 3.99. The summed E-state index contributed by atoms with van der Waals surface area (Å²) in [5.74, 6) is 1.47. The number of piperidine rings is 1. The van der Waals surface area contributed by atoms with Gasteiger partial charge in [0.05, 0.1) is 5.52 Å². The number of aromatic nitrogens is 5. The normalized spacial score (nSPS) is 15.8. The molecule has 0 bridgehead atoms. The predicted molar refractivity (Wildman–Crippen MR) is 96.7 cm³/mol. The van der Waals surface area contributed by atoms with Gasteiger partial charge in [-0.15, -0.1) is 0 Å². The van der Waals surface area contributed by atoms with Crippen LogP contribution in [0.15, 0.2) is 35.5 Å². The number of aryl methyl sites for hydroxylation is 2. The van der Waals surface area contributed by atoms with Gasteiger partial charge in [-0.1, -0.05) is 0 Å². The minimum Gasteiger partial charge on any atom is -0.356 e. The molecule has 0 amide bonds. The van der Waals surface area contributed by atoms with Crippen molar-refractivity contribution in [3.8, 4) is 0 Å². The van der Waals surface area contributed by atoms with Crippen LogP contribution in [0.2, 0.25) is 0 Å². The summed E-state index contributed by atoms with van der Waals surface area (Å²) in [7, 11) is 1.81. The number of imidazole rings is 1. The average Bonchev–Trinajstić information content (AvgIpc) is 2.88. The van der Waals surface area contributed by atoms with Gasteiger partial charge < -0.3 is 4.90 Å². The van der Waals surface area contributed by atoms with Gasteiger partial charge in [0, 0.05) is 44.6 Å². The smallest absolute Gasteiger partial charge is 0.330 e. The van der Waals surface area contributed by atoms with Gasteiger partial charge >= 0.3 is 5.69 Å². The van der Waals surface area contributed by atoms with Crippen LogP contribution in [0.1, 0.15) is 18.5 Å². The Bertz CT molecular complexity index is 952. The van der Waals surface area contributed by atoms with Gasteiger partial charge in [0.25, 0.3) is 0 Å². The molecular formula is C18H22N6O. The van der Waals surface area contributed by atoms with Crippen LogP contribution in [0, 0.1) is 12.8 Å². The maximum absolute atomic E-state index is 12.5. The molecule has 1 aliphatic heterocycles. The molecule has 0 N–H and O–H groups in total. The highest BCUT2D eigenvalue weighted by Gasteiger charge is 2.23. The van der Waals surface area contributed by atoms with E-state index in [0.717, 1.165) is 55.2 Å². The van der Waals surface area contributed by atoms with Crippen molar-refractivity contribution in [3.05, 3.63) is 46.9 Å². The molecule has 0 aromatic carbocycles. The van der Waals surface area contributed by atoms with Crippen molar-refractivity contribution >= 4 is 17.0 Å². The lowest BCUT2D eigenvalue weighted by Gasteiger charge is -2.32. The monoisotopic (exact) mass is 338 g/mol.